The number of anilines is 1. The number of H-pyrrole nitrogens is 1. The molecule has 0 fully saturated rings. The molecule has 28 heavy (non-hydrogen) atoms. The highest BCUT2D eigenvalue weighted by atomic mass is 19.4. The van der Waals surface area contributed by atoms with Crippen LogP contribution < -0.4 is 10.6 Å². The highest BCUT2D eigenvalue weighted by molar-refractivity contribution is 6.06. The summed E-state index contributed by atoms with van der Waals surface area (Å²) in [5, 5.41) is 10.7. The molecule has 6 nitrogen and oxygen atoms in total. The van der Waals surface area contributed by atoms with Crippen LogP contribution in [-0.2, 0) is 6.18 Å². The van der Waals surface area contributed by atoms with E-state index in [4.69, 9.17) is 0 Å². The Morgan fingerprint density at radius 1 is 1.14 bits per heavy atom. The van der Waals surface area contributed by atoms with Crippen molar-refractivity contribution in [3.8, 4) is 0 Å². The third-order valence-corrected chi connectivity index (χ3v) is 3.25. The van der Waals surface area contributed by atoms with Crippen LogP contribution in [0.15, 0.2) is 35.3 Å². The first-order valence-electron chi connectivity index (χ1n) is 8.04. The molecule has 1 aromatic heterocycles. The van der Waals surface area contributed by atoms with Crippen molar-refractivity contribution < 1.29 is 26.7 Å². The highest BCUT2D eigenvalue weighted by Gasteiger charge is 2.33. The van der Waals surface area contributed by atoms with E-state index in [0.717, 1.165) is 18.2 Å². The number of hydrogen-bond donors (Lipinski definition) is 3. The Morgan fingerprint density at radius 2 is 1.75 bits per heavy atom. The van der Waals surface area contributed by atoms with Gasteiger partial charge in [0, 0.05) is 22.7 Å². The summed E-state index contributed by atoms with van der Waals surface area (Å²) in [5.41, 5.74) is -1.87. The minimum atomic E-state index is -4.61. The average molecular weight is 403 g/mol. The number of halogens is 5. The van der Waals surface area contributed by atoms with Crippen molar-refractivity contribution >= 4 is 17.7 Å². The maximum Gasteiger partial charge on any atom is 0.432 e. The zero-order chi connectivity index (χ0) is 21.1. The van der Waals surface area contributed by atoms with Gasteiger partial charge in [0.15, 0.2) is 5.82 Å². The molecule has 0 atom stereocenters. The van der Waals surface area contributed by atoms with E-state index < -0.39 is 29.7 Å². The topological polar surface area (TPSA) is 82.2 Å². The highest BCUT2D eigenvalue weighted by Crippen LogP contribution is 2.28. The second-order valence-electron chi connectivity index (χ2n) is 6.85. The largest absolute Gasteiger partial charge is 0.432 e. The Kier molecular flexibility index (Phi) is 6.05. The molecule has 0 aliphatic rings. The van der Waals surface area contributed by atoms with Gasteiger partial charge in [-0.1, -0.05) is 12.1 Å². The van der Waals surface area contributed by atoms with Crippen LogP contribution in [0.4, 0.5) is 27.8 Å². The molecular formula is C17H18F5N5O. The lowest BCUT2D eigenvalue weighted by Gasteiger charge is -2.23. The summed E-state index contributed by atoms with van der Waals surface area (Å²) in [5.74, 6) is -1.12. The number of amides is 1. The fourth-order valence-corrected chi connectivity index (χ4v) is 2.03. The van der Waals surface area contributed by atoms with Crippen LogP contribution in [0.1, 0.15) is 48.8 Å². The number of guanidine groups is 1. The van der Waals surface area contributed by atoms with E-state index in [9.17, 15) is 26.7 Å². The van der Waals surface area contributed by atoms with Crippen LogP contribution in [0.3, 0.4) is 0 Å². The fourth-order valence-electron chi connectivity index (χ4n) is 2.03. The number of rotatable bonds is 3. The van der Waals surface area contributed by atoms with Gasteiger partial charge >= 0.3 is 6.18 Å². The lowest BCUT2D eigenvalue weighted by molar-refractivity contribution is -0.141. The molecule has 3 N–H and O–H groups in total. The standard InChI is InChI=1S/C17H18F5N5O/c1-16(2,3)25-15(23-12-8-11(26-27-12)17(20,21)22)24-14(28)10-6-4-9(5-7-10)13(18)19/h4-8,13H,1-3H3,(H3,23,24,25,26,27,28). The van der Waals surface area contributed by atoms with Crippen LogP contribution in [0.2, 0.25) is 0 Å². The van der Waals surface area contributed by atoms with Gasteiger partial charge < -0.3 is 10.6 Å². The zero-order valence-corrected chi connectivity index (χ0v) is 15.2. The molecule has 0 aliphatic heterocycles. The second kappa shape index (κ2) is 7.95. The minimum absolute atomic E-state index is 0.0393. The number of benzene rings is 1. The van der Waals surface area contributed by atoms with Gasteiger partial charge in [-0.25, -0.2) is 8.78 Å². The van der Waals surface area contributed by atoms with Gasteiger partial charge in [-0.3, -0.25) is 9.89 Å². The molecule has 11 heteroatoms. The second-order valence-corrected chi connectivity index (χ2v) is 6.85. The number of aromatic amines is 1. The van der Waals surface area contributed by atoms with Crippen molar-refractivity contribution in [2.24, 2.45) is 4.99 Å². The quantitative estimate of drug-likeness (QED) is 0.404. The number of nitrogens with zero attached hydrogens (tertiary/aromatic N) is 2. The molecule has 0 saturated heterocycles. The van der Waals surface area contributed by atoms with E-state index in [-0.39, 0.29) is 22.9 Å². The maximum absolute atomic E-state index is 12.7. The molecule has 0 bridgehead atoms. The van der Waals surface area contributed by atoms with Gasteiger partial charge in [0.1, 0.15) is 5.69 Å². The number of nitrogens with one attached hydrogen (secondary N) is 3. The zero-order valence-electron chi connectivity index (χ0n) is 15.2. The van der Waals surface area contributed by atoms with Crippen molar-refractivity contribution in [2.75, 3.05) is 5.32 Å². The molecule has 152 valence electrons. The summed E-state index contributed by atoms with van der Waals surface area (Å²) < 4.78 is 63.2. The van der Waals surface area contributed by atoms with Crippen LogP contribution in [0.5, 0.6) is 0 Å². The van der Waals surface area contributed by atoms with Crippen LogP contribution in [0.25, 0.3) is 0 Å². The predicted molar refractivity (Wildman–Crippen MR) is 93.3 cm³/mol. The van der Waals surface area contributed by atoms with Crippen molar-refractivity contribution in [3.63, 3.8) is 0 Å². The summed E-state index contributed by atoms with van der Waals surface area (Å²) in [6.07, 6.45) is -7.28. The van der Waals surface area contributed by atoms with Gasteiger partial charge in [0.2, 0.25) is 5.96 Å². The Hall–Kier alpha value is -2.98. The number of alkyl halides is 5. The molecule has 1 aromatic carbocycles. The summed E-state index contributed by atoms with van der Waals surface area (Å²) in [6, 6.07) is 5.31. The molecule has 0 saturated carbocycles. The lowest BCUT2D eigenvalue weighted by Crippen LogP contribution is -2.44. The van der Waals surface area contributed by atoms with Crippen molar-refractivity contribution in [3.05, 3.63) is 47.2 Å². The first-order valence-corrected chi connectivity index (χ1v) is 8.04. The Balaban J connectivity index is 2.26. The molecule has 1 amide bonds. The summed E-state index contributed by atoms with van der Waals surface area (Å²) >= 11 is 0. The third-order valence-electron chi connectivity index (χ3n) is 3.25. The Bertz CT molecular complexity index is 850. The number of carbonyl (C=O) groups is 1. The van der Waals surface area contributed by atoms with E-state index in [1.54, 1.807) is 20.8 Å². The molecular weight excluding hydrogens is 385 g/mol. The average Bonchev–Trinajstić information content (AvgIpc) is 3.02. The summed E-state index contributed by atoms with van der Waals surface area (Å²) in [6.45, 7) is 5.24. The number of aliphatic imine (C=N–C) groups is 1. The maximum atomic E-state index is 12.7. The Labute approximate surface area is 157 Å². The molecule has 0 aliphatic carbocycles. The first kappa shape index (κ1) is 21.3. The van der Waals surface area contributed by atoms with Crippen molar-refractivity contribution in [1.29, 1.82) is 0 Å². The van der Waals surface area contributed by atoms with E-state index in [0.29, 0.717) is 0 Å². The number of hydrogen-bond acceptors (Lipinski definition) is 2. The molecule has 0 radical (unpaired) electrons. The van der Waals surface area contributed by atoms with Crippen molar-refractivity contribution in [2.45, 2.75) is 38.9 Å². The first-order chi connectivity index (χ1) is 12.8. The molecule has 0 spiro atoms. The normalized spacial score (nSPS) is 13.0. The Morgan fingerprint density at radius 3 is 2.21 bits per heavy atom. The summed E-state index contributed by atoms with van der Waals surface area (Å²) in [4.78, 5) is 16.1. The smallest absolute Gasteiger partial charge is 0.351 e. The molecule has 2 aromatic rings. The summed E-state index contributed by atoms with van der Waals surface area (Å²) in [7, 11) is 0. The molecule has 0 unspecified atom stereocenters. The van der Waals surface area contributed by atoms with E-state index in [1.165, 1.54) is 12.1 Å². The van der Waals surface area contributed by atoms with Gasteiger partial charge in [-0.05, 0) is 32.9 Å². The van der Waals surface area contributed by atoms with E-state index in [1.807, 2.05) is 5.10 Å². The van der Waals surface area contributed by atoms with Crippen LogP contribution in [-0.4, -0.2) is 27.6 Å². The molecule has 1 heterocycles. The number of carbonyl (C=O) groups excluding carboxylic acids is 1. The van der Waals surface area contributed by atoms with Crippen molar-refractivity contribution in [1.82, 2.24) is 15.5 Å². The number of aromatic nitrogens is 2. The fraction of sp³-hybridized carbons (Fsp3) is 0.353. The van der Waals surface area contributed by atoms with Crippen LogP contribution in [0, 0.1) is 0 Å². The SMILES string of the molecule is CC(C)(C)N/C(=N/C(=O)c1ccc(C(F)F)cc1)Nc1cc(C(F)(F)F)[nH]n1. The third kappa shape index (κ3) is 6.03. The van der Waals surface area contributed by atoms with E-state index >= 15 is 0 Å². The predicted octanol–water partition coefficient (Wildman–Crippen LogP) is 4.36. The molecule has 2 rings (SSSR count). The van der Waals surface area contributed by atoms with E-state index in [2.05, 4.69) is 20.7 Å². The minimum Gasteiger partial charge on any atom is -0.351 e. The van der Waals surface area contributed by atoms with Gasteiger partial charge in [-0.15, -0.1) is 0 Å². The lowest BCUT2D eigenvalue weighted by atomic mass is 10.1. The van der Waals surface area contributed by atoms with Gasteiger partial charge in [0.05, 0.1) is 0 Å². The van der Waals surface area contributed by atoms with Gasteiger partial charge in [0.25, 0.3) is 12.3 Å². The van der Waals surface area contributed by atoms with Gasteiger partial charge in [-0.2, -0.15) is 23.3 Å². The monoisotopic (exact) mass is 403 g/mol. The van der Waals surface area contributed by atoms with Crippen LogP contribution >= 0.6 is 0 Å².